The molecule has 2 aromatic heterocycles. The molecule has 30 heavy (non-hydrogen) atoms. The third-order valence-electron chi connectivity index (χ3n) is 4.41. The highest BCUT2D eigenvalue weighted by Gasteiger charge is 2.33. The number of para-hydroxylation sites is 1. The Morgan fingerprint density at radius 3 is 2.93 bits per heavy atom. The number of cyclic esters (lactones) is 1. The van der Waals surface area contributed by atoms with Gasteiger partial charge in [-0.2, -0.15) is 0 Å². The second-order valence-corrected chi connectivity index (χ2v) is 6.88. The van der Waals surface area contributed by atoms with Crippen molar-refractivity contribution in [1.29, 1.82) is 0 Å². The van der Waals surface area contributed by atoms with Gasteiger partial charge in [0, 0.05) is 5.39 Å². The maximum absolute atomic E-state index is 12.5. The van der Waals surface area contributed by atoms with Crippen LogP contribution in [0, 0.1) is 0 Å². The topological polar surface area (TPSA) is 89.7 Å². The van der Waals surface area contributed by atoms with Crippen molar-refractivity contribution in [2.75, 3.05) is 25.0 Å². The molecule has 1 atom stereocenters. The number of aromatic nitrogens is 2. The predicted octanol–water partition coefficient (Wildman–Crippen LogP) is 3.95. The molecule has 0 bridgehead atoms. The molecule has 0 radical (unpaired) electrons. The second-order valence-electron chi connectivity index (χ2n) is 6.54. The first-order valence-electron chi connectivity index (χ1n) is 9.08. The summed E-state index contributed by atoms with van der Waals surface area (Å²) >= 11 is 6.08. The molecule has 1 aliphatic rings. The van der Waals surface area contributed by atoms with E-state index in [0.717, 1.165) is 10.7 Å². The van der Waals surface area contributed by atoms with E-state index in [1.165, 1.54) is 0 Å². The first-order chi connectivity index (χ1) is 14.5. The van der Waals surface area contributed by atoms with Crippen molar-refractivity contribution in [3.63, 3.8) is 0 Å². The van der Waals surface area contributed by atoms with Crippen LogP contribution in [0.4, 0.5) is 19.4 Å². The SMILES string of the molecule is O=C1OC(COc2cccc3c(NCc4ccco4)nc(Cl)nc23)CN1CC(F)F. The normalized spacial score (nSPS) is 16.3. The average molecular weight is 439 g/mol. The Balaban J connectivity index is 1.49. The number of amides is 1. The fourth-order valence-corrected chi connectivity index (χ4v) is 3.26. The summed E-state index contributed by atoms with van der Waals surface area (Å²) in [6.45, 7) is -0.253. The summed E-state index contributed by atoms with van der Waals surface area (Å²) in [5.74, 6) is 1.63. The summed E-state index contributed by atoms with van der Waals surface area (Å²) in [6.07, 6.45) is -2.50. The minimum absolute atomic E-state index is 0.0125. The summed E-state index contributed by atoms with van der Waals surface area (Å²) in [7, 11) is 0. The monoisotopic (exact) mass is 438 g/mol. The standard InChI is InChI=1S/C19H17ClF2N4O4/c20-18-24-16-13(17(25-18)23-7-11-3-2-6-28-11)4-1-5-14(16)29-10-12-8-26(9-15(21)22)19(27)30-12/h1-6,12,15H,7-10H2,(H,23,24,25). The Morgan fingerprint density at radius 1 is 1.30 bits per heavy atom. The van der Waals surface area contributed by atoms with E-state index in [1.54, 1.807) is 24.5 Å². The lowest BCUT2D eigenvalue weighted by Crippen LogP contribution is -2.31. The summed E-state index contributed by atoms with van der Waals surface area (Å²) in [5.41, 5.74) is 0.466. The quantitative estimate of drug-likeness (QED) is 0.532. The van der Waals surface area contributed by atoms with Crippen LogP contribution in [-0.2, 0) is 11.3 Å². The molecule has 158 valence electrons. The lowest BCUT2D eigenvalue weighted by molar-refractivity contribution is 0.0924. The maximum atomic E-state index is 12.5. The first-order valence-corrected chi connectivity index (χ1v) is 9.46. The smallest absolute Gasteiger partial charge is 0.410 e. The fourth-order valence-electron chi connectivity index (χ4n) is 3.09. The molecule has 3 aromatic rings. The van der Waals surface area contributed by atoms with Gasteiger partial charge in [-0.25, -0.2) is 23.5 Å². The van der Waals surface area contributed by atoms with Crippen molar-refractivity contribution < 1.29 is 27.5 Å². The van der Waals surface area contributed by atoms with Crippen LogP contribution in [0.2, 0.25) is 5.28 Å². The molecule has 1 fully saturated rings. The van der Waals surface area contributed by atoms with Crippen molar-refractivity contribution in [3.8, 4) is 5.75 Å². The van der Waals surface area contributed by atoms with Gasteiger partial charge in [0.05, 0.1) is 25.9 Å². The Kier molecular flexibility index (Phi) is 5.84. The number of ether oxygens (including phenoxy) is 2. The number of fused-ring (bicyclic) bond motifs is 1. The fraction of sp³-hybridized carbons (Fsp3) is 0.316. The number of carbonyl (C=O) groups is 1. The number of hydrogen-bond donors (Lipinski definition) is 1. The molecular weight excluding hydrogens is 422 g/mol. The number of nitrogens with zero attached hydrogens (tertiary/aromatic N) is 3. The van der Waals surface area contributed by atoms with Crippen LogP contribution in [-0.4, -0.2) is 53.2 Å². The Labute approximate surface area is 174 Å². The van der Waals surface area contributed by atoms with E-state index in [1.807, 2.05) is 12.1 Å². The zero-order valence-electron chi connectivity index (χ0n) is 15.6. The highest BCUT2D eigenvalue weighted by molar-refractivity contribution is 6.29. The summed E-state index contributed by atoms with van der Waals surface area (Å²) in [5, 5.41) is 3.85. The van der Waals surface area contributed by atoms with Crippen molar-refractivity contribution in [2.45, 2.75) is 19.1 Å². The molecule has 8 nitrogen and oxygen atoms in total. The number of nitrogens with one attached hydrogen (secondary N) is 1. The van der Waals surface area contributed by atoms with Crippen LogP contribution in [0.1, 0.15) is 5.76 Å². The molecule has 4 rings (SSSR count). The summed E-state index contributed by atoms with van der Waals surface area (Å²) in [6, 6.07) is 8.87. The van der Waals surface area contributed by atoms with Crippen molar-refractivity contribution in [3.05, 3.63) is 47.6 Å². The number of rotatable bonds is 8. The lowest BCUT2D eigenvalue weighted by Gasteiger charge is -2.14. The molecule has 0 saturated carbocycles. The number of anilines is 1. The number of halogens is 3. The number of carbonyl (C=O) groups excluding carboxylic acids is 1. The van der Waals surface area contributed by atoms with E-state index >= 15 is 0 Å². The Bertz CT molecular complexity index is 1030. The lowest BCUT2D eigenvalue weighted by atomic mass is 10.2. The van der Waals surface area contributed by atoms with Gasteiger partial charge in [0.15, 0.2) is 6.10 Å². The number of furan rings is 1. The van der Waals surface area contributed by atoms with E-state index in [2.05, 4.69) is 15.3 Å². The minimum Gasteiger partial charge on any atom is -0.487 e. The highest BCUT2D eigenvalue weighted by Crippen LogP contribution is 2.30. The molecule has 0 spiro atoms. The third kappa shape index (κ3) is 4.54. The summed E-state index contributed by atoms with van der Waals surface area (Å²) in [4.78, 5) is 21.1. The molecule has 1 saturated heterocycles. The van der Waals surface area contributed by atoms with Gasteiger partial charge in [-0.15, -0.1) is 0 Å². The molecule has 11 heteroatoms. The van der Waals surface area contributed by atoms with E-state index in [-0.39, 0.29) is 18.4 Å². The highest BCUT2D eigenvalue weighted by atomic mass is 35.5. The molecule has 0 aliphatic carbocycles. The Morgan fingerprint density at radius 2 is 2.17 bits per heavy atom. The van der Waals surface area contributed by atoms with Gasteiger partial charge >= 0.3 is 6.09 Å². The zero-order valence-corrected chi connectivity index (χ0v) is 16.3. The number of benzene rings is 1. The van der Waals surface area contributed by atoms with Crippen molar-refractivity contribution in [2.24, 2.45) is 0 Å². The largest absolute Gasteiger partial charge is 0.487 e. The van der Waals surface area contributed by atoms with Gasteiger partial charge in [0.1, 0.15) is 29.5 Å². The van der Waals surface area contributed by atoms with Crippen LogP contribution in [0.25, 0.3) is 10.9 Å². The number of hydrogen-bond acceptors (Lipinski definition) is 7. The Hall–Kier alpha value is -3.14. The molecule has 1 aliphatic heterocycles. The third-order valence-corrected chi connectivity index (χ3v) is 4.57. The average Bonchev–Trinajstić information content (AvgIpc) is 3.34. The predicted molar refractivity (Wildman–Crippen MR) is 104 cm³/mol. The zero-order chi connectivity index (χ0) is 21.1. The molecular formula is C19H17ClF2N4O4. The summed E-state index contributed by atoms with van der Waals surface area (Å²) < 4.78 is 41.2. The van der Waals surface area contributed by atoms with Gasteiger partial charge in [-0.05, 0) is 35.9 Å². The maximum Gasteiger partial charge on any atom is 0.410 e. The number of alkyl halides is 2. The minimum atomic E-state index is -2.62. The van der Waals surface area contributed by atoms with Gasteiger partial charge in [-0.1, -0.05) is 6.07 Å². The van der Waals surface area contributed by atoms with Crippen LogP contribution >= 0.6 is 11.6 Å². The van der Waals surface area contributed by atoms with Crippen molar-refractivity contribution in [1.82, 2.24) is 14.9 Å². The van der Waals surface area contributed by atoms with Gasteiger partial charge < -0.3 is 19.2 Å². The second kappa shape index (κ2) is 8.70. The van der Waals surface area contributed by atoms with Crippen molar-refractivity contribution >= 4 is 34.4 Å². The van der Waals surface area contributed by atoms with Gasteiger partial charge in [0.25, 0.3) is 6.43 Å². The van der Waals surface area contributed by atoms with Gasteiger partial charge in [0.2, 0.25) is 5.28 Å². The molecule has 1 N–H and O–H groups in total. The molecule has 1 unspecified atom stereocenters. The van der Waals surface area contributed by atoms with E-state index in [9.17, 15) is 13.6 Å². The van der Waals surface area contributed by atoms with Crippen LogP contribution < -0.4 is 10.1 Å². The van der Waals surface area contributed by atoms with Crippen LogP contribution in [0.3, 0.4) is 0 Å². The van der Waals surface area contributed by atoms with E-state index < -0.39 is 25.2 Å². The van der Waals surface area contributed by atoms with Gasteiger partial charge in [-0.3, -0.25) is 4.90 Å². The first kappa shape index (κ1) is 20.1. The van der Waals surface area contributed by atoms with Crippen LogP contribution in [0.5, 0.6) is 5.75 Å². The molecule has 3 heterocycles. The molecule has 1 aromatic carbocycles. The molecule has 1 amide bonds. The van der Waals surface area contributed by atoms with E-state index in [0.29, 0.717) is 29.0 Å². The van der Waals surface area contributed by atoms with E-state index in [4.69, 9.17) is 25.5 Å². The van der Waals surface area contributed by atoms with Crippen LogP contribution in [0.15, 0.2) is 41.0 Å².